The van der Waals surface area contributed by atoms with E-state index in [1.165, 1.54) is 19.6 Å². The number of hydrogen-bond donors (Lipinski definition) is 3. The molecule has 2 rings (SSSR count). The number of likely N-dealkylation sites (N-methyl/N-ethyl adjacent to an activating group) is 1. The molecule has 2 fully saturated rings. The van der Waals surface area contributed by atoms with Gasteiger partial charge in [-0.25, -0.2) is 9.59 Å². The van der Waals surface area contributed by atoms with E-state index in [-0.39, 0.29) is 0 Å². The monoisotopic (exact) mass is 340 g/mol. The average molecular weight is 340 g/mol. The third kappa shape index (κ3) is 6.93. The lowest BCUT2D eigenvalue weighted by atomic mass is 9.93. The number of rotatable bonds is 0. The molecular weight excluding hydrogens is 326 g/mol. The highest BCUT2D eigenvalue weighted by atomic mass is 19.4. The largest absolute Gasteiger partial charge is 0.490 e. The fraction of sp³-hybridized carbons (Fsp3) is 0.800. The number of carboxylic acids is 2. The van der Waals surface area contributed by atoms with Gasteiger partial charge in [0.1, 0.15) is 0 Å². The van der Waals surface area contributed by atoms with Crippen LogP contribution in [0.15, 0.2) is 0 Å². The van der Waals surface area contributed by atoms with Crippen LogP contribution in [-0.4, -0.2) is 72.1 Å². The number of nitrogens with zero attached hydrogens (tertiary/aromatic N) is 1. The van der Waals surface area contributed by atoms with Crippen LogP contribution in [0.4, 0.5) is 26.3 Å². The second-order valence-electron chi connectivity index (χ2n) is 4.53. The molecule has 0 saturated carbocycles. The Morgan fingerprint density at radius 3 is 1.55 bits per heavy atom. The summed E-state index contributed by atoms with van der Waals surface area (Å²) in [4.78, 5) is 20.2. The van der Waals surface area contributed by atoms with Crippen molar-refractivity contribution in [2.24, 2.45) is 5.92 Å². The maximum absolute atomic E-state index is 10.6. The highest BCUT2D eigenvalue weighted by molar-refractivity contribution is 5.73. The molecule has 2 aliphatic rings. The van der Waals surface area contributed by atoms with Crippen molar-refractivity contribution < 1.29 is 46.1 Å². The lowest BCUT2D eigenvalue weighted by Crippen LogP contribution is -2.52. The minimum absolute atomic E-state index is 0.884. The third-order valence-corrected chi connectivity index (χ3v) is 2.88. The molecule has 0 unspecified atom stereocenters. The van der Waals surface area contributed by atoms with Crippen LogP contribution in [0.2, 0.25) is 0 Å². The van der Waals surface area contributed by atoms with Crippen LogP contribution < -0.4 is 5.32 Å². The van der Waals surface area contributed by atoms with Gasteiger partial charge in [-0.3, -0.25) is 0 Å². The van der Waals surface area contributed by atoms with Gasteiger partial charge < -0.3 is 20.4 Å². The van der Waals surface area contributed by atoms with Crippen molar-refractivity contribution in [2.75, 3.05) is 26.7 Å². The van der Waals surface area contributed by atoms with E-state index in [0.717, 1.165) is 12.0 Å². The molecule has 3 N–H and O–H groups in total. The first kappa shape index (κ1) is 20.4. The van der Waals surface area contributed by atoms with Crippen LogP contribution in [0.3, 0.4) is 0 Å². The predicted octanol–water partition coefficient (Wildman–Crippen LogP) is 0.786. The maximum atomic E-state index is 10.6. The lowest BCUT2D eigenvalue weighted by Gasteiger charge is -2.40. The first-order chi connectivity index (χ1) is 9.76. The Morgan fingerprint density at radius 2 is 1.36 bits per heavy atom. The van der Waals surface area contributed by atoms with E-state index in [9.17, 15) is 26.3 Å². The van der Waals surface area contributed by atoms with Gasteiger partial charge in [0.2, 0.25) is 0 Å². The number of fused-ring (bicyclic) bond motifs is 1. The Bertz CT molecular complexity index is 374. The first-order valence-corrected chi connectivity index (χ1v) is 5.78. The fourth-order valence-corrected chi connectivity index (χ4v) is 1.79. The molecule has 0 amide bonds. The Hall–Kier alpha value is -1.56. The predicted molar refractivity (Wildman–Crippen MR) is 60.2 cm³/mol. The zero-order valence-corrected chi connectivity index (χ0v) is 11.2. The summed E-state index contributed by atoms with van der Waals surface area (Å²) in [6.07, 6.45) is -10.2. The normalized spacial score (nSPS) is 24.0. The fourth-order valence-electron chi connectivity index (χ4n) is 1.79. The van der Waals surface area contributed by atoms with E-state index in [0.29, 0.717) is 0 Å². The number of nitrogens with one attached hydrogen (secondary N) is 1. The van der Waals surface area contributed by atoms with Gasteiger partial charge in [0.05, 0.1) is 0 Å². The maximum Gasteiger partial charge on any atom is 0.490 e. The molecule has 0 aliphatic carbocycles. The highest BCUT2D eigenvalue weighted by Crippen LogP contribution is 2.24. The van der Waals surface area contributed by atoms with E-state index < -0.39 is 24.3 Å². The standard InChI is InChI=1S/C6H12N2.2C2HF3O2/c1-8-4-5-2-7-3-6(5)8;2*3-2(4,5)1(6)7/h5-7H,2-4H2,1H3;2*(H,6,7)/t5-,6-;;/m0../s1. The molecule has 0 aromatic carbocycles. The van der Waals surface area contributed by atoms with Crippen molar-refractivity contribution in [3.8, 4) is 0 Å². The van der Waals surface area contributed by atoms with E-state index >= 15 is 0 Å². The first-order valence-electron chi connectivity index (χ1n) is 5.78. The van der Waals surface area contributed by atoms with Gasteiger partial charge >= 0.3 is 24.3 Å². The van der Waals surface area contributed by atoms with Crippen molar-refractivity contribution in [3.05, 3.63) is 0 Å². The van der Waals surface area contributed by atoms with Crippen molar-refractivity contribution in [3.63, 3.8) is 0 Å². The van der Waals surface area contributed by atoms with E-state index in [2.05, 4.69) is 17.3 Å². The van der Waals surface area contributed by atoms with E-state index in [1.54, 1.807) is 0 Å². The molecule has 22 heavy (non-hydrogen) atoms. The Kier molecular flexibility index (Phi) is 7.09. The SMILES string of the molecule is CN1C[C@@H]2CNC[C@@H]21.O=C(O)C(F)(F)F.O=C(O)C(F)(F)F. The zero-order chi connectivity index (χ0) is 17.7. The molecule has 12 heteroatoms. The summed E-state index contributed by atoms with van der Waals surface area (Å²) in [5, 5.41) is 17.6. The van der Waals surface area contributed by atoms with Crippen molar-refractivity contribution in [2.45, 2.75) is 18.4 Å². The second kappa shape index (κ2) is 7.63. The molecule has 130 valence electrons. The number of alkyl halides is 6. The third-order valence-electron chi connectivity index (χ3n) is 2.88. The summed E-state index contributed by atoms with van der Waals surface area (Å²) in [6.45, 7) is 3.80. The van der Waals surface area contributed by atoms with Gasteiger partial charge in [-0.15, -0.1) is 0 Å². The van der Waals surface area contributed by atoms with Crippen molar-refractivity contribution >= 4 is 11.9 Å². The van der Waals surface area contributed by atoms with E-state index in [1.807, 2.05) is 0 Å². The summed E-state index contributed by atoms with van der Waals surface area (Å²) >= 11 is 0. The Labute approximate surface area is 120 Å². The summed E-state index contributed by atoms with van der Waals surface area (Å²) in [5.41, 5.74) is 0. The van der Waals surface area contributed by atoms with Crippen LogP contribution in [0.5, 0.6) is 0 Å². The second-order valence-corrected chi connectivity index (χ2v) is 4.53. The number of halogens is 6. The van der Waals surface area contributed by atoms with E-state index in [4.69, 9.17) is 19.8 Å². The van der Waals surface area contributed by atoms with Crippen LogP contribution in [-0.2, 0) is 9.59 Å². The topological polar surface area (TPSA) is 89.9 Å². The minimum atomic E-state index is -5.08. The van der Waals surface area contributed by atoms with Crippen molar-refractivity contribution in [1.29, 1.82) is 0 Å². The zero-order valence-electron chi connectivity index (χ0n) is 11.2. The molecule has 2 aliphatic heterocycles. The van der Waals surface area contributed by atoms with Crippen LogP contribution in [0.25, 0.3) is 0 Å². The molecule has 2 atom stereocenters. The van der Waals surface area contributed by atoms with Crippen LogP contribution in [0, 0.1) is 5.92 Å². The molecule has 6 nitrogen and oxygen atoms in total. The molecule has 0 spiro atoms. The van der Waals surface area contributed by atoms with Gasteiger partial charge in [0, 0.05) is 31.6 Å². The number of hydrogen-bond acceptors (Lipinski definition) is 4. The molecule has 0 aromatic rings. The lowest BCUT2D eigenvalue weighted by molar-refractivity contribution is -0.193. The van der Waals surface area contributed by atoms with Gasteiger partial charge in [0.25, 0.3) is 0 Å². The molecule has 2 heterocycles. The summed E-state index contributed by atoms with van der Waals surface area (Å²) < 4.78 is 63.5. The number of carboxylic acid groups (broad SMARTS) is 2. The number of likely N-dealkylation sites (tertiary alicyclic amines) is 1. The minimum Gasteiger partial charge on any atom is -0.475 e. The van der Waals surface area contributed by atoms with Gasteiger partial charge in [-0.1, -0.05) is 0 Å². The van der Waals surface area contributed by atoms with Crippen molar-refractivity contribution in [1.82, 2.24) is 10.2 Å². The molecule has 0 bridgehead atoms. The summed E-state index contributed by atoms with van der Waals surface area (Å²) in [5.74, 6) is -4.53. The highest BCUT2D eigenvalue weighted by Gasteiger charge is 2.39. The molecule has 2 saturated heterocycles. The van der Waals surface area contributed by atoms with Gasteiger partial charge in [0.15, 0.2) is 0 Å². The van der Waals surface area contributed by atoms with Crippen LogP contribution in [0.1, 0.15) is 0 Å². The summed E-state index contributed by atoms with van der Waals surface area (Å²) in [6, 6.07) is 0.884. The van der Waals surface area contributed by atoms with Gasteiger partial charge in [-0.05, 0) is 7.05 Å². The summed E-state index contributed by atoms with van der Waals surface area (Å²) in [7, 11) is 2.20. The Morgan fingerprint density at radius 1 is 1.00 bits per heavy atom. The molecule has 0 radical (unpaired) electrons. The molecular formula is C10H14F6N2O4. The quantitative estimate of drug-likeness (QED) is 0.565. The van der Waals surface area contributed by atoms with Gasteiger partial charge in [-0.2, -0.15) is 26.3 Å². The smallest absolute Gasteiger partial charge is 0.475 e. The number of carbonyl (C=O) groups is 2. The molecule has 0 aromatic heterocycles. The number of aliphatic carboxylic acids is 2. The average Bonchev–Trinajstić information content (AvgIpc) is 2.69. The van der Waals surface area contributed by atoms with Crippen LogP contribution >= 0.6 is 0 Å². The Balaban J connectivity index is 0.000000303.